The molecule has 1 N–H and O–H groups in total. The highest BCUT2D eigenvalue weighted by molar-refractivity contribution is 9.10. The van der Waals surface area contributed by atoms with E-state index < -0.39 is 17.7 Å². The Bertz CT molecular complexity index is 712. The van der Waals surface area contributed by atoms with Crippen LogP contribution in [0.5, 0.6) is 0 Å². The van der Waals surface area contributed by atoms with Gasteiger partial charge < -0.3 is 14.6 Å². The van der Waals surface area contributed by atoms with Crippen molar-refractivity contribution in [1.29, 1.82) is 0 Å². The lowest BCUT2D eigenvalue weighted by molar-refractivity contribution is 0.0600. The molecule has 0 bridgehead atoms. The number of aromatic nitrogens is 1. The highest BCUT2D eigenvalue weighted by Gasteiger charge is 2.15. The number of benzene rings is 1. The number of aryl methyl sites for hydroxylation is 1. The van der Waals surface area contributed by atoms with Crippen molar-refractivity contribution in [1.82, 2.24) is 4.57 Å². The van der Waals surface area contributed by atoms with Gasteiger partial charge in [0.05, 0.1) is 18.4 Å². The van der Waals surface area contributed by atoms with Crippen molar-refractivity contribution < 1.29 is 18.7 Å². The van der Waals surface area contributed by atoms with E-state index in [0.717, 1.165) is 10.5 Å². The molecule has 0 fully saturated rings. The van der Waals surface area contributed by atoms with Gasteiger partial charge >= 0.3 is 5.97 Å². The number of hydrogen-bond donors (Lipinski definition) is 1. The van der Waals surface area contributed by atoms with Gasteiger partial charge in [-0.25, -0.2) is 9.18 Å². The quantitative estimate of drug-likeness (QED) is 0.862. The first-order valence-corrected chi connectivity index (χ1v) is 6.72. The average Bonchev–Trinajstić information content (AvgIpc) is 2.79. The summed E-state index contributed by atoms with van der Waals surface area (Å²) in [4.78, 5) is 23.5. The molecular formula is C14H12BrFN2O3. The Kier molecular flexibility index (Phi) is 4.42. The monoisotopic (exact) mass is 354 g/mol. The van der Waals surface area contributed by atoms with E-state index in [1.54, 1.807) is 23.9 Å². The molecule has 110 valence electrons. The third-order valence-electron chi connectivity index (χ3n) is 2.84. The molecule has 2 rings (SSSR count). The van der Waals surface area contributed by atoms with Crippen molar-refractivity contribution in [3.8, 4) is 0 Å². The van der Waals surface area contributed by atoms with Gasteiger partial charge in [-0.3, -0.25) is 4.79 Å². The first-order chi connectivity index (χ1) is 9.92. The highest BCUT2D eigenvalue weighted by atomic mass is 79.9. The second kappa shape index (κ2) is 6.09. The lowest BCUT2D eigenvalue weighted by atomic mass is 10.2. The van der Waals surface area contributed by atoms with Gasteiger partial charge in [0.15, 0.2) is 0 Å². The van der Waals surface area contributed by atoms with Crippen LogP contribution >= 0.6 is 15.9 Å². The minimum absolute atomic E-state index is 0.0831. The fraction of sp³-hybridized carbons (Fsp3) is 0.143. The van der Waals surface area contributed by atoms with Gasteiger partial charge in [-0.15, -0.1) is 0 Å². The van der Waals surface area contributed by atoms with Gasteiger partial charge in [0, 0.05) is 17.7 Å². The van der Waals surface area contributed by atoms with Gasteiger partial charge in [0.1, 0.15) is 11.5 Å². The average molecular weight is 355 g/mol. The third-order valence-corrected chi connectivity index (χ3v) is 3.27. The number of hydrogen-bond acceptors (Lipinski definition) is 3. The lowest BCUT2D eigenvalue weighted by Gasteiger charge is -2.08. The Morgan fingerprint density at radius 2 is 2.05 bits per heavy atom. The van der Waals surface area contributed by atoms with E-state index in [9.17, 15) is 14.0 Å². The van der Waals surface area contributed by atoms with Crippen LogP contribution in [-0.2, 0) is 11.8 Å². The smallest absolute Gasteiger partial charge is 0.337 e. The van der Waals surface area contributed by atoms with Gasteiger partial charge in [-0.2, -0.15) is 0 Å². The van der Waals surface area contributed by atoms with Crippen LogP contribution in [0.2, 0.25) is 0 Å². The number of anilines is 1. The Balaban J connectivity index is 2.28. The van der Waals surface area contributed by atoms with Crippen LogP contribution in [0.15, 0.2) is 34.9 Å². The second-order valence-corrected chi connectivity index (χ2v) is 5.21. The molecule has 0 aliphatic heterocycles. The van der Waals surface area contributed by atoms with Crippen molar-refractivity contribution in [3.63, 3.8) is 0 Å². The Labute approximate surface area is 128 Å². The topological polar surface area (TPSA) is 60.3 Å². The Hall–Kier alpha value is -2.15. The van der Waals surface area contributed by atoms with Crippen LogP contribution < -0.4 is 5.32 Å². The summed E-state index contributed by atoms with van der Waals surface area (Å²) in [5.74, 6) is -1.72. The first kappa shape index (κ1) is 15.2. The van der Waals surface area contributed by atoms with Crippen LogP contribution in [0.4, 0.5) is 10.1 Å². The number of nitrogens with zero attached hydrogens (tertiary/aromatic N) is 1. The van der Waals surface area contributed by atoms with Crippen LogP contribution in [0.3, 0.4) is 0 Å². The largest absolute Gasteiger partial charge is 0.465 e. The number of rotatable bonds is 3. The summed E-state index contributed by atoms with van der Waals surface area (Å²) in [6.07, 6.45) is 1.70. The standard InChI is InChI=1S/C14H12BrFN2O3/c1-18-7-9(15)6-12(18)13(19)17-11-5-8(14(20)21-2)3-4-10(11)16/h3-7H,1-2H3,(H,17,19). The van der Waals surface area contributed by atoms with Crippen LogP contribution in [0.25, 0.3) is 0 Å². The molecule has 0 atom stereocenters. The molecule has 1 aromatic heterocycles. The molecule has 0 spiro atoms. The maximum atomic E-state index is 13.7. The third kappa shape index (κ3) is 3.30. The van der Waals surface area contributed by atoms with Gasteiger partial charge in [-0.05, 0) is 40.2 Å². The van der Waals surface area contributed by atoms with Crippen molar-refractivity contribution >= 4 is 33.5 Å². The summed E-state index contributed by atoms with van der Waals surface area (Å²) in [7, 11) is 2.92. The van der Waals surface area contributed by atoms with E-state index >= 15 is 0 Å². The fourth-order valence-electron chi connectivity index (χ4n) is 1.80. The Morgan fingerprint density at radius 1 is 1.33 bits per heavy atom. The zero-order valence-electron chi connectivity index (χ0n) is 11.3. The molecule has 0 radical (unpaired) electrons. The zero-order chi connectivity index (χ0) is 15.6. The van der Waals surface area contributed by atoms with E-state index in [-0.39, 0.29) is 11.3 Å². The maximum absolute atomic E-state index is 13.7. The van der Waals surface area contributed by atoms with E-state index in [1.165, 1.54) is 19.2 Å². The number of ether oxygens (including phenoxy) is 1. The van der Waals surface area contributed by atoms with Crippen LogP contribution in [0, 0.1) is 5.82 Å². The highest BCUT2D eigenvalue weighted by Crippen LogP contribution is 2.19. The van der Waals surface area contributed by atoms with Gasteiger partial charge in [0.25, 0.3) is 5.91 Å². The van der Waals surface area contributed by atoms with Crippen molar-refractivity contribution in [2.75, 3.05) is 12.4 Å². The lowest BCUT2D eigenvalue weighted by Crippen LogP contribution is -2.16. The molecule has 0 saturated heterocycles. The normalized spacial score (nSPS) is 10.3. The summed E-state index contributed by atoms with van der Waals surface area (Å²) in [6, 6.07) is 5.23. The fourth-order valence-corrected chi connectivity index (χ4v) is 2.33. The molecule has 0 saturated carbocycles. The van der Waals surface area contributed by atoms with E-state index in [1.807, 2.05) is 0 Å². The predicted octanol–water partition coefficient (Wildman–Crippen LogP) is 2.97. The molecule has 0 aliphatic rings. The van der Waals surface area contributed by atoms with E-state index in [2.05, 4.69) is 26.0 Å². The second-order valence-electron chi connectivity index (χ2n) is 4.29. The van der Waals surface area contributed by atoms with Crippen molar-refractivity contribution in [3.05, 3.63) is 52.0 Å². The number of methoxy groups -OCH3 is 1. The summed E-state index contributed by atoms with van der Waals surface area (Å²) in [6.45, 7) is 0. The Morgan fingerprint density at radius 3 is 2.62 bits per heavy atom. The minimum Gasteiger partial charge on any atom is -0.465 e. The van der Waals surface area contributed by atoms with Crippen LogP contribution in [0.1, 0.15) is 20.8 Å². The minimum atomic E-state index is -0.635. The number of carbonyl (C=O) groups excluding carboxylic acids is 2. The van der Waals surface area contributed by atoms with Crippen LogP contribution in [-0.4, -0.2) is 23.6 Å². The van der Waals surface area contributed by atoms with Gasteiger partial charge in [-0.1, -0.05) is 0 Å². The molecule has 1 heterocycles. The van der Waals surface area contributed by atoms with E-state index in [4.69, 9.17) is 0 Å². The van der Waals surface area contributed by atoms with Crippen molar-refractivity contribution in [2.45, 2.75) is 0 Å². The summed E-state index contributed by atoms with van der Waals surface area (Å²) < 4.78 is 20.6. The molecule has 1 aromatic carbocycles. The number of amides is 1. The molecule has 5 nitrogen and oxygen atoms in total. The predicted molar refractivity (Wildman–Crippen MR) is 78.8 cm³/mol. The maximum Gasteiger partial charge on any atom is 0.337 e. The molecule has 7 heteroatoms. The number of esters is 1. The van der Waals surface area contributed by atoms with E-state index in [0.29, 0.717) is 5.69 Å². The molecule has 0 aliphatic carbocycles. The zero-order valence-corrected chi connectivity index (χ0v) is 12.9. The molecule has 0 unspecified atom stereocenters. The summed E-state index contributed by atoms with van der Waals surface area (Å²) in [5, 5.41) is 2.44. The number of nitrogens with one attached hydrogen (secondary N) is 1. The van der Waals surface area contributed by atoms with Crippen molar-refractivity contribution in [2.24, 2.45) is 7.05 Å². The molecular weight excluding hydrogens is 343 g/mol. The molecule has 2 aromatic rings. The molecule has 21 heavy (non-hydrogen) atoms. The summed E-state index contributed by atoms with van der Waals surface area (Å²) in [5.41, 5.74) is 0.423. The summed E-state index contributed by atoms with van der Waals surface area (Å²) >= 11 is 3.26. The SMILES string of the molecule is COC(=O)c1ccc(F)c(NC(=O)c2cc(Br)cn2C)c1. The molecule has 1 amide bonds. The number of halogens is 2. The van der Waals surface area contributed by atoms with Gasteiger partial charge in [0.2, 0.25) is 0 Å². The first-order valence-electron chi connectivity index (χ1n) is 5.93. The number of carbonyl (C=O) groups is 2.